The Hall–Kier alpha value is -1.58. The van der Waals surface area contributed by atoms with Gasteiger partial charge in [-0.05, 0) is 44.4 Å². The Morgan fingerprint density at radius 1 is 1.44 bits per heavy atom. The van der Waals surface area contributed by atoms with Gasteiger partial charge in [0.15, 0.2) is 0 Å². The number of esters is 1. The van der Waals surface area contributed by atoms with Gasteiger partial charge in [0.25, 0.3) is 0 Å². The maximum atomic E-state index is 13.0. The molecule has 0 spiro atoms. The topological polar surface area (TPSA) is 52.3 Å². The normalized spacial score (nSPS) is 13.2. The van der Waals surface area contributed by atoms with E-state index in [0.29, 0.717) is 0 Å². The molecule has 1 aromatic carbocycles. The van der Waals surface area contributed by atoms with Crippen LogP contribution in [0.5, 0.6) is 0 Å². The highest BCUT2D eigenvalue weighted by Gasteiger charge is 2.19. The molecule has 2 N–H and O–H groups in total. The molecule has 0 aliphatic carbocycles. The molecule has 0 heterocycles. The largest absolute Gasteiger partial charge is 0.460 e. The Kier molecular flexibility index (Phi) is 4.33. The molecule has 18 heavy (non-hydrogen) atoms. The molecule has 3 nitrogen and oxygen atoms in total. The molecule has 0 aromatic heterocycles. The lowest BCUT2D eigenvalue weighted by Gasteiger charge is -2.21. The van der Waals surface area contributed by atoms with Crippen LogP contribution in [-0.4, -0.2) is 11.6 Å². The Balaban J connectivity index is 2.68. The number of rotatable bonds is 3. The fraction of sp³-hybridized carbons (Fsp3) is 0.500. The highest BCUT2D eigenvalue weighted by Crippen LogP contribution is 2.24. The van der Waals surface area contributed by atoms with E-state index in [1.165, 1.54) is 6.07 Å². The molecule has 0 aliphatic heterocycles. The van der Waals surface area contributed by atoms with Crippen LogP contribution >= 0.6 is 0 Å². The molecule has 4 heteroatoms. The zero-order valence-corrected chi connectivity index (χ0v) is 11.3. The molecule has 1 atom stereocenters. The number of anilines is 1. The van der Waals surface area contributed by atoms with E-state index in [2.05, 4.69) is 0 Å². The van der Waals surface area contributed by atoms with Crippen molar-refractivity contribution in [1.29, 1.82) is 0 Å². The van der Waals surface area contributed by atoms with Crippen molar-refractivity contribution in [2.45, 2.75) is 45.6 Å². The standard InChI is InChI=1S/C14H20FNO2/c1-9(7-13(17)18-14(2,3)4)10-5-6-11(15)12(16)8-10/h5-6,8-9H,7,16H2,1-4H3/t9-/m1/s1. The van der Waals surface area contributed by atoms with Crippen LogP contribution < -0.4 is 5.73 Å². The maximum absolute atomic E-state index is 13.0. The van der Waals surface area contributed by atoms with Gasteiger partial charge in [-0.3, -0.25) is 4.79 Å². The molecule has 1 rings (SSSR count). The molecule has 0 saturated carbocycles. The highest BCUT2D eigenvalue weighted by atomic mass is 19.1. The van der Waals surface area contributed by atoms with Gasteiger partial charge >= 0.3 is 5.97 Å². The monoisotopic (exact) mass is 253 g/mol. The minimum atomic E-state index is -0.487. The lowest BCUT2D eigenvalue weighted by Crippen LogP contribution is -2.24. The van der Waals surface area contributed by atoms with Crippen molar-refractivity contribution in [3.05, 3.63) is 29.6 Å². The van der Waals surface area contributed by atoms with Gasteiger partial charge in [0.05, 0.1) is 12.1 Å². The van der Waals surface area contributed by atoms with Gasteiger partial charge in [-0.15, -0.1) is 0 Å². The van der Waals surface area contributed by atoms with Crippen LogP contribution in [0.3, 0.4) is 0 Å². The molecule has 0 unspecified atom stereocenters. The van der Waals surface area contributed by atoms with E-state index < -0.39 is 11.4 Å². The number of nitrogens with two attached hydrogens (primary N) is 1. The number of benzene rings is 1. The summed E-state index contributed by atoms with van der Waals surface area (Å²) in [5.74, 6) is -0.760. The van der Waals surface area contributed by atoms with E-state index in [9.17, 15) is 9.18 Å². The fourth-order valence-corrected chi connectivity index (χ4v) is 1.62. The summed E-state index contributed by atoms with van der Waals surface area (Å²) >= 11 is 0. The summed E-state index contributed by atoms with van der Waals surface area (Å²) in [4.78, 5) is 11.7. The molecule has 0 aliphatic rings. The first-order chi connectivity index (χ1) is 8.19. The van der Waals surface area contributed by atoms with Crippen LogP contribution in [0, 0.1) is 5.82 Å². The number of hydrogen-bond donors (Lipinski definition) is 1. The van der Waals surface area contributed by atoms with Crippen LogP contribution in [0.15, 0.2) is 18.2 Å². The third-order valence-corrected chi connectivity index (χ3v) is 2.48. The van der Waals surface area contributed by atoms with Crippen molar-refractivity contribution < 1.29 is 13.9 Å². The van der Waals surface area contributed by atoms with Gasteiger partial charge in [0.1, 0.15) is 11.4 Å². The Morgan fingerprint density at radius 3 is 2.56 bits per heavy atom. The fourth-order valence-electron chi connectivity index (χ4n) is 1.62. The van der Waals surface area contributed by atoms with E-state index in [-0.39, 0.29) is 24.0 Å². The molecular formula is C14H20FNO2. The van der Waals surface area contributed by atoms with Crippen LogP contribution in [0.4, 0.5) is 10.1 Å². The van der Waals surface area contributed by atoms with Crippen molar-refractivity contribution in [3.8, 4) is 0 Å². The Labute approximate surface area is 107 Å². The Morgan fingerprint density at radius 2 is 2.06 bits per heavy atom. The first kappa shape index (κ1) is 14.5. The van der Waals surface area contributed by atoms with Gasteiger partial charge in [-0.25, -0.2) is 4.39 Å². The second-order valence-electron chi connectivity index (χ2n) is 5.47. The van der Waals surface area contributed by atoms with Crippen LogP contribution in [-0.2, 0) is 9.53 Å². The molecule has 0 amide bonds. The summed E-state index contributed by atoms with van der Waals surface area (Å²) in [6, 6.07) is 4.52. The second kappa shape index (κ2) is 5.38. The van der Waals surface area contributed by atoms with Crippen molar-refractivity contribution >= 4 is 11.7 Å². The summed E-state index contributed by atoms with van der Waals surface area (Å²) in [7, 11) is 0. The quantitative estimate of drug-likeness (QED) is 0.664. The lowest BCUT2D eigenvalue weighted by molar-refractivity contribution is -0.155. The first-order valence-corrected chi connectivity index (χ1v) is 5.96. The van der Waals surface area contributed by atoms with E-state index >= 15 is 0 Å². The van der Waals surface area contributed by atoms with Crippen LogP contribution in [0.2, 0.25) is 0 Å². The molecule has 100 valence electrons. The SMILES string of the molecule is C[C@H](CC(=O)OC(C)(C)C)c1ccc(F)c(N)c1. The number of hydrogen-bond acceptors (Lipinski definition) is 3. The summed E-state index contributed by atoms with van der Waals surface area (Å²) in [6.45, 7) is 7.36. The minimum absolute atomic E-state index is 0.0530. The van der Waals surface area contributed by atoms with Gasteiger partial charge in [0.2, 0.25) is 0 Å². The molecule has 1 aromatic rings. The smallest absolute Gasteiger partial charge is 0.306 e. The zero-order chi connectivity index (χ0) is 13.9. The maximum Gasteiger partial charge on any atom is 0.306 e. The van der Waals surface area contributed by atoms with Crippen LogP contribution in [0.25, 0.3) is 0 Å². The Bertz CT molecular complexity index is 438. The number of halogens is 1. The summed E-state index contributed by atoms with van der Waals surface area (Å²) < 4.78 is 18.3. The number of ether oxygens (including phenoxy) is 1. The summed E-state index contributed by atoms with van der Waals surface area (Å²) in [5, 5.41) is 0. The van der Waals surface area contributed by atoms with Crippen LogP contribution in [0.1, 0.15) is 45.6 Å². The average molecular weight is 253 g/mol. The van der Waals surface area contributed by atoms with Gasteiger partial charge < -0.3 is 10.5 Å². The van der Waals surface area contributed by atoms with Crippen molar-refractivity contribution in [1.82, 2.24) is 0 Å². The number of carbonyl (C=O) groups excluding carboxylic acids is 1. The minimum Gasteiger partial charge on any atom is -0.460 e. The third kappa shape index (κ3) is 4.35. The van der Waals surface area contributed by atoms with Crippen molar-refractivity contribution in [2.24, 2.45) is 0 Å². The average Bonchev–Trinajstić information content (AvgIpc) is 2.18. The molecule has 0 radical (unpaired) electrons. The molecular weight excluding hydrogens is 233 g/mol. The number of nitrogen functional groups attached to an aromatic ring is 1. The van der Waals surface area contributed by atoms with E-state index in [0.717, 1.165) is 5.56 Å². The second-order valence-corrected chi connectivity index (χ2v) is 5.47. The molecule has 0 saturated heterocycles. The predicted molar refractivity (Wildman–Crippen MR) is 69.7 cm³/mol. The zero-order valence-electron chi connectivity index (χ0n) is 11.3. The van der Waals surface area contributed by atoms with E-state index in [4.69, 9.17) is 10.5 Å². The van der Waals surface area contributed by atoms with Gasteiger partial charge in [-0.2, -0.15) is 0 Å². The first-order valence-electron chi connectivity index (χ1n) is 5.96. The van der Waals surface area contributed by atoms with E-state index in [1.54, 1.807) is 12.1 Å². The highest BCUT2D eigenvalue weighted by molar-refractivity contribution is 5.71. The predicted octanol–water partition coefficient (Wildman–Crippen LogP) is 3.24. The van der Waals surface area contributed by atoms with Gasteiger partial charge in [-0.1, -0.05) is 13.0 Å². The van der Waals surface area contributed by atoms with Crippen molar-refractivity contribution in [2.75, 3.05) is 5.73 Å². The summed E-state index contributed by atoms with van der Waals surface area (Å²) in [5.41, 5.74) is 5.95. The van der Waals surface area contributed by atoms with Gasteiger partial charge in [0, 0.05) is 0 Å². The molecule has 0 fully saturated rings. The molecule has 0 bridgehead atoms. The number of carbonyl (C=O) groups is 1. The third-order valence-electron chi connectivity index (χ3n) is 2.48. The van der Waals surface area contributed by atoms with E-state index in [1.807, 2.05) is 27.7 Å². The lowest BCUT2D eigenvalue weighted by atomic mass is 9.97. The van der Waals surface area contributed by atoms with Crippen molar-refractivity contribution in [3.63, 3.8) is 0 Å². The summed E-state index contributed by atoms with van der Waals surface area (Å²) in [6.07, 6.45) is 0.252.